The molecule has 6 nitrogen and oxygen atoms in total. The van der Waals surface area contributed by atoms with Crippen molar-refractivity contribution in [1.82, 2.24) is 15.2 Å². The maximum atomic E-state index is 13.0. The molecule has 2 amide bonds. The number of pyridine rings is 1. The van der Waals surface area contributed by atoms with Gasteiger partial charge in [0.05, 0.1) is 6.20 Å². The van der Waals surface area contributed by atoms with Crippen molar-refractivity contribution in [3.63, 3.8) is 0 Å². The van der Waals surface area contributed by atoms with E-state index in [2.05, 4.69) is 20.5 Å². The highest BCUT2D eigenvalue weighted by Crippen LogP contribution is 2.21. The van der Waals surface area contributed by atoms with Crippen LogP contribution in [0.15, 0.2) is 42.6 Å². The fourth-order valence-corrected chi connectivity index (χ4v) is 3.54. The first-order valence-electron chi connectivity index (χ1n) is 10.3. The van der Waals surface area contributed by atoms with Gasteiger partial charge in [0, 0.05) is 23.7 Å². The number of anilines is 1. The Balaban J connectivity index is 1.53. The number of benzene rings is 1. The topological polar surface area (TPSA) is 74.3 Å². The Morgan fingerprint density at radius 2 is 1.90 bits per heavy atom. The van der Waals surface area contributed by atoms with E-state index in [4.69, 9.17) is 0 Å². The van der Waals surface area contributed by atoms with Gasteiger partial charge in [0.2, 0.25) is 5.91 Å². The van der Waals surface area contributed by atoms with Gasteiger partial charge in [0.1, 0.15) is 11.5 Å². The molecular weight excluding hydrogens is 383 g/mol. The van der Waals surface area contributed by atoms with Crippen LogP contribution >= 0.6 is 0 Å². The third-order valence-corrected chi connectivity index (χ3v) is 5.01. The number of piperidine rings is 1. The quantitative estimate of drug-likeness (QED) is 0.787. The monoisotopic (exact) mass is 412 g/mol. The van der Waals surface area contributed by atoms with Crippen molar-refractivity contribution in [2.75, 3.05) is 18.4 Å². The molecule has 1 aromatic heterocycles. The molecule has 7 heteroatoms. The Morgan fingerprint density at radius 1 is 1.17 bits per heavy atom. The molecule has 1 aromatic carbocycles. The van der Waals surface area contributed by atoms with E-state index in [1.54, 1.807) is 0 Å². The van der Waals surface area contributed by atoms with Gasteiger partial charge in [-0.25, -0.2) is 9.37 Å². The number of carbonyl (C=O) groups is 2. The van der Waals surface area contributed by atoms with Crippen LogP contribution in [0.25, 0.3) is 0 Å². The molecule has 0 atom stereocenters. The van der Waals surface area contributed by atoms with E-state index < -0.39 is 5.82 Å². The summed E-state index contributed by atoms with van der Waals surface area (Å²) in [6, 6.07) is 10.2. The second-order valence-corrected chi connectivity index (χ2v) is 8.81. The van der Waals surface area contributed by atoms with Crippen LogP contribution in [0.3, 0.4) is 0 Å². The number of nitrogens with zero attached hydrogens (tertiary/aromatic N) is 2. The molecule has 0 aliphatic carbocycles. The van der Waals surface area contributed by atoms with Crippen molar-refractivity contribution >= 4 is 17.5 Å². The molecule has 2 aromatic rings. The molecule has 2 N–H and O–H groups in total. The van der Waals surface area contributed by atoms with Gasteiger partial charge in [0.15, 0.2) is 0 Å². The third kappa shape index (κ3) is 6.35. The van der Waals surface area contributed by atoms with Gasteiger partial charge in [-0.2, -0.15) is 0 Å². The molecule has 1 saturated heterocycles. The SMILES string of the molecule is CC(C)(C)NC(=O)C1CCN(Cc2cccc(NC(=O)c3ccc(F)cn3)c2)CC1. The Bertz CT molecular complexity index is 885. The molecule has 0 saturated carbocycles. The minimum Gasteiger partial charge on any atom is -0.351 e. The lowest BCUT2D eigenvalue weighted by Crippen LogP contribution is -2.46. The number of hydrogen-bond donors (Lipinski definition) is 2. The van der Waals surface area contributed by atoms with E-state index in [0.717, 1.165) is 44.2 Å². The van der Waals surface area contributed by atoms with Gasteiger partial charge in [-0.05, 0) is 76.5 Å². The fourth-order valence-electron chi connectivity index (χ4n) is 3.54. The second-order valence-electron chi connectivity index (χ2n) is 8.81. The zero-order valence-electron chi connectivity index (χ0n) is 17.7. The zero-order chi connectivity index (χ0) is 21.7. The number of amides is 2. The van der Waals surface area contributed by atoms with Crippen LogP contribution in [-0.4, -0.2) is 40.3 Å². The van der Waals surface area contributed by atoms with Gasteiger partial charge >= 0.3 is 0 Å². The lowest BCUT2D eigenvalue weighted by molar-refractivity contribution is -0.127. The van der Waals surface area contributed by atoms with Crippen LogP contribution in [0.1, 0.15) is 49.7 Å². The first-order chi connectivity index (χ1) is 14.2. The maximum Gasteiger partial charge on any atom is 0.274 e. The zero-order valence-corrected chi connectivity index (χ0v) is 17.7. The predicted molar refractivity (Wildman–Crippen MR) is 114 cm³/mol. The molecule has 0 spiro atoms. The van der Waals surface area contributed by atoms with E-state index >= 15 is 0 Å². The fraction of sp³-hybridized carbons (Fsp3) is 0.435. The summed E-state index contributed by atoms with van der Waals surface area (Å²) in [6.07, 6.45) is 2.71. The van der Waals surface area contributed by atoms with Gasteiger partial charge in [0.25, 0.3) is 5.91 Å². The molecule has 0 radical (unpaired) electrons. The van der Waals surface area contributed by atoms with Crippen LogP contribution in [0.5, 0.6) is 0 Å². The maximum absolute atomic E-state index is 13.0. The summed E-state index contributed by atoms with van der Waals surface area (Å²) in [5.74, 6) is -0.651. The molecule has 0 unspecified atom stereocenters. The van der Waals surface area contributed by atoms with Crippen molar-refractivity contribution < 1.29 is 14.0 Å². The Morgan fingerprint density at radius 3 is 2.53 bits per heavy atom. The number of halogens is 1. The third-order valence-electron chi connectivity index (χ3n) is 5.01. The average Bonchev–Trinajstić information content (AvgIpc) is 2.68. The Labute approximate surface area is 176 Å². The van der Waals surface area contributed by atoms with E-state index in [-0.39, 0.29) is 29.0 Å². The lowest BCUT2D eigenvalue weighted by atomic mass is 9.94. The predicted octanol–water partition coefficient (Wildman–Crippen LogP) is 3.60. The van der Waals surface area contributed by atoms with Gasteiger partial charge in [-0.1, -0.05) is 12.1 Å². The van der Waals surface area contributed by atoms with Crippen molar-refractivity contribution in [3.8, 4) is 0 Å². The molecule has 30 heavy (non-hydrogen) atoms. The average molecular weight is 413 g/mol. The lowest BCUT2D eigenvalue weighted by Gasteiger charge is -2.33. The molecule has 0 bridgehead atoms. The number of nitrogens with one attached hydrogen (secondary N) is 2. The highest BCUT2D eigenvalue weighted by Gasteiger charge is 2.27. The van der Waals surface area contributed by atoms with E-state index in [0.29, 0.717) is 5.69 Å². The van der Waals surface area contributed by atoms with E-state index in [9.17, 15) is 14.0 Å². The summed E-state index contributed by atoms with van der Waals surface area (Å²) < 4.78 is 13.0. The summed E-state index contributed by atoms with van der Waals surface area (Å²) in [7, 11) is 0. The van der Waals surface area contributed by atoms with Gasteiger partial charge in [-0.15, -0.1) is 0 Å². The Hall–Kier alpha value is -2.80. The number of carbonyl (C=O) groups excluding carboxylic acids is 2. The second kappa shape index (κ2) is 9.34. The van der Waals surface area contributed by atoms with Crippen LogP contribution in [0.2, 0.25) is 0 Å². The van der Waals surface area contributed by atoms with Gasteiger partial charge in [-0.3, -0.25) is 14.5 Å². The number of rotatable bonds is 5. The first-order valence-corrected chi connectivity index (χ1v) is 10.3. The van der Waals surface area contributed by atoms with Crippen molar-refractivity contribution in [1.29, 1.82) is 0 Å². The highest BCUT2D eigenvalue weighted by molar-refractivity contribution is 6.02. The van der Waals surface area contributed by atoms with Crippen LogP contribution < -0.4 is 10.6 Å². The molecular formula is C23H29FN4O2. The smallest absolute Gasteiger partial charge is 0.274 e. The summed E-state index contributed by atoms with van der Waals surface area (Å²) in [5, 5.41) is 5.88. The van der Waals surface area contributed by atoms with Crippen LogP contribution in [-0.2, 0) is 11.3 Å². The highest BCUT2D eigenvalue weighted by atomic mass is 19.1. The van der Waals surface area contributed by atoms with E-state index in [1.807, 2.05) is 45.0 Å². The molecule has 3 rings (SSSR count). The summed E-state index contributed by atoms with van der Waals surface area (Å²) in [5.41, 5.74) is 1.71. The van der Waals surface area contributed by atoms with E-state index in [1.165, 1.54) is 12.1 Å². The first kappa shape index (κ1) is 21.9. The van der Waals surface area contributed by atoms with Crippen molar-refractivity contribution in [2.45, 2.75) is 45.7 Å². The normalized spacial score (nSPS) is 15.6. The number of hydrogen-bond acceptors (Lipinski definition) is 4. The summed E-state index contributed by atoms with van der Waals surface area (Å²) in [6.45, 7) is 8.47. The minimum atomic E-state index is -0.479. The van der Waals surface area contributed by atoms with Crippen LogP contribution in [0.4, 0.5) is 10.1 Å². The largest absolute Gasteiger partial charge is 0.351 e. The van der Waals surface area contributed by atoms with Crippen LogP contribution in [0, 0.1) is 11.7 Å². The molecule has 2 heterocycles. The summed E-state index contributed by atoms with van der Waals surface area (Å²) in [4.78, 5) is 30.8. The molecule has 1 fully saturated rings. The Kier molecular flexibility index (Phi) is 6.82. The standard InChI is InChI=1S/C23H29FN4O2/c1-23(2,3)27-21(29)17-9-11-28(12-10-17)15-16-5-4-6-19(13-16)26-22(30)20-8-7-18(24)14-25-20/h4-8,13-14,17H,9-12,15H2,1-3H3,(H,26,30)(H,27,29). The molecule has 1 aliphatic heterocycles. The van der Waals surface area contributed by atoms with Crippen molar-refractivity contribution in [3.05, 3.63) is 59.7 Å². The molecule has 160 valence electrons. The summed E-state index contributed by atoms with van der Waals surface area (Å²) >= 11 is 0. The number of aromatic nitrogens is 1. The number of likely N-dealkylation sites (tertiary alicyclic amines) is 1. The molecule has 1 aliphatic rings. The van der Waals surface area contributed by atoms with Gasteiger partial charge < -0.3 is 10.6 Å². The minimum absolute atomic E-state index is 0.0642. The van der Waals surface area contributed by atoms with Crippen molar-refractivity contribution in [2.24, 2.45) is 5.92 Å².